The molecule has 0 bridgehead atoms. The normalized spacial score (nSPS) is 36.8. The first kappa shape index (κ1) is 16.6. The maximum atomic E-state index is 3.83. The van der Waals surface area contributed by atoms with Gasteiger partial charge in [0.05, 0.1) is 0 Å². The lowest BCUT2D eigenvalue weighted by atomic mass is 9.83. The van der Waals surface area contributed by atoms with Gasteiger partial charge >= 0.3 is 0 Å². The van der Waals surface area contributed by atoms with E-state index >= 15 is 0 Å². The largest absolute Gasteiger partial charge is 0.311 e. The first-order valence-corrected chi connectivity index (χ1v) is 9.65. The second-order valence-corrected chi connectivity index (χ2v) is 9.18. The van der Waals surface area contributed by atoms with Gasteiger partial charge in [-0.1, -0.05) is 41.0 Å². The molecule has 1 heterocycles. The molecule has 0 aromatic carbocycles. The molecule has 118 valence electrons. The zero-order valence-corrected chi connectivity index (χ0v) is 15.1. The highest BCUT2D eigenvalue weighted by atomic mass is 32.2. The average molecular weight is 299 g/mol. The van der Waals surface area contributed by atoms with E-state index in [1.807, 2.05) is 0 Å². The van der Waals surface area contributed by atoms with Crippen LogP contribution in [-0.2, 0) is 0 Å². The maximum Gasteiger partial charge on any atom is 0.0247 e. The highest BCUT2D eigenvalue weighted by Gasteiger charge is 2.41. The van der Waals surface area contributed by atoms with Crippen LogP contribution in [-0.4, -0.2) is 47.6 Å². The molecule has 2 aliphatic rings. The number of nitrogens with zero attached hydrogens (tertiary/aromatic N) is 1. The summed E-state index contributed by atoms with van der Waals surface area (Å²) in [6, 6.07) is 2.15. The molecule has 2 rings (SSSR count). The van der Waals surface area contributed by atoms with Crippen LogP contribution in [0.4, 0.5) is 0 Å². The molecule has 0 radical (unpaired) electrons. The topological polar surface area (TPSA) is 15.3 Å². The highest BCUT2D eigenvalue weighted by molar-refractivity contribution is 7.99. The summed E-state index contributed by atoms with van der Waals surface area (Å²) in [5, 5.41) is 4.68. The first-order chi connectivity index (χ1) is 9.34. The Balaban J connectivity index is 2.14. The number of hydrogen-bond donors (Lipinski definition) is 1. The van der Waals surface area contributed by atoms with Gasteiger partial charge in [-0.25, -0.2) is 0 Å². The molecule has 1 N–H and O–H groups in total. The molecule has 4 atom stereocenters. The summed E-state index contributed by atoms with van der Waals surface area (Å²) in [5.41, 5.74) is 0.355. The van der Waals surface area contributed by atoms with Crippen LogP contribution in [0, 0.1) is 11.3 Å². The average Bonchev–Trinajstić information content (AvgIpc) is 2.84. The van der Waals surface area contributed by atoms with Crippen molar-refractivity contribution in [3.05, 3.63) is 0 Å². The molecule has 4 unspecified atom stereocenters. The van der Waals surface area contributed by atoms with Crippen LogP contribution in [0.15, 0.2) is 0 Å². The smallest absolute Gasteiger partial charge is 0.0247 e. The summed E-state index contributed by atoms with van der Waals surface area (Å²) in [4.78, 5) is 2.88. The molecule has 0 aromatic heterocycles. The van der Waals surface area contributed by atoms with Crippen molar-refractivity contribution < 1.29 is 0 Å². The summed E-state index contributed by atoms with van der Waals surface area (Å²) < 4.78 is 0. The Morgan fingerprint density at radius 3 is 2.45 bits per heavy atom. The van der Waals surface area contributed by atoms with Gasteiger partial charge in [0.15, 0.2) is 0 Å². The van der Waals surface area contributed by atoms with Crippen molar-refractivity contribution in [3.8, 4) is 0 Å². The molecule has 0 amide bonds. The van der Waals surface area contributed by atoms with Crippen molar-refractivity contribution in [2.75, 3.05) is 19.3 Å². The van der Waals surface area contributed by atoms with E-state index in [-0.39, 0.29) is 0 Å². The Hall–Kier alpha value is 0.270. The summed E-state index contributed by atoms with van der Waals surface area (Å²) in [6.45, 7) is 14.3. The monoisotopic (exact) mass is 298 g/mol. The van der Waals surface area contributed by atoms with Crippen LogP contribution in [0.5, 0.6) is 0 Å². The van der Waals surface area contributed by atoms with Crippen molar-refractivity contribution in [3.63, 3.8) is 0 Å². The van der Waals surface area contributed by atoms with Crippen molar-refractivity contribution in [1.82, 2.24) is 10.2 Å². The predicted molar refractivity (Wildman–Crippen MR) is 91.5 cm³/mol. The van der Waals surface area contributed by atoms with Gasteiger partial charge in [0.25, 0.3) is 0 Å². The number of piperazine rings is 1. The van der Waals surface area contributed by atoms with Crippen molar-refractivity contribution in [2.24, 2.45) is 11.3 Å². The quantitative estimate of drug-likeness (QED) is 0.857. The zero-order chi connectivity index (χ0) is 14.9. The van der Waals surface area contributed by atoms with E-state index in [2.05, 4.69) is 62.9 Å². The van der Waals surface area contributed by atoms with Gasteiger partial charge in [-0.3, -0.25) is 4.90 Å². The second-order valence-electron chi connectivity index (χ2n) is 8.11. The van der Waals surface area contributed by atoms with Crippen LogP contribution < -0.4 is 5.32 Å². The first-order valence-electron chi connectivity index (χ1n) is 8.36. The van der Waals surface area contributed by atoms with E-state index in [1.54, 1.807) is 0 Å². The Bertz CT molecular complexity index is 311. The van der Waals surface area contributed by atoms with Gasteiger partial charge in [-0.15, -0.1) is 0 Å². The second kappa shape index (κ2) is 6.58. The fraction of sp³-hybridized carbons (Fsp3) is 1.00. The predicted octanol–water partition coefficient (Wildman–Crippen LogP) is 3.62. The van der Waals surface area contributed by atoms with E-state index in [1.165, 1.54) is 25.8 Å². The number of thioether (sulfide) groups is 1. The summed E-state index contributed by atoms with van der Waals surface area (Å²) in [6.07, 6.45) is 6.55. The minimum atomic E-state index is 0.355. The van der Waals surface area contributed by atoms with Crippen molar-refractivity contribution in [1.29, 1.82) is 0 Å². The molecular weight excluding hydrogens is 264 g/mol. The highest BCUT2D eigenvalue weighted by Crippen LogP contribution is 2.36. The lowest BCUT2D eigenvalue weighted by Gasteiger charge is -2.50. The standard InChI is InChI=1S/C17H34N2S/c1-12(2)14-10-18-16(17(3,4)5)11-19(14)13-8-7-9-15(13)20-6/h12-16,18H,7-11H2,1-6H3. The minimum absolute atomic E-state index is 0.355. The van der Waals surface area contributed by atoms with Gasteiger partial charge in [0.2, 0.25) is 0 Å². The molecular formula is C17H34N2S. The molecule has 2 nitrogen and oxygen atoms in total. The Labute approximate surface area is 130 Å². The SMILES string of the molecule is CSC1CCCC1N1CC(C(C)(C)C)NCC1C(C)C. The molecule has 1 saturated heterocycles. The Morgan fingerprint density at radius 2 is 1.90 bits per heavy atom. The van der Waals surface area contributed by atoms with Crippen LogP contribution in [0.25, 0.3) is 0 Å². The molecule has 20 heavy (non-hydrogen) atoms. The number of rotatable bonds is 3. The third-order valence-corrected chi connectivity index (χ3v) is 6.51. The van der Waals surface area contributed by atoms with E-state index < -0.39 is 0 Å². The van der Waals surface area contributed by atoms with Crippen molar-refractivity contribution >= 4 is 11.8 Å². The summed E-state index contributed by atoms with van der Waals surface area (Å²) in [7, 11) is 0. The van der Waals surface area contributed by atoms with E-state index in [0.29, 0.717) is 17.5 Å². The summed E-state index contributed by atoms with van der Waals surface area (Å²) >= 11 is 2.09. The third-order valence-electron chi connectivity index (χ3n) is 5.35. The number of nitrogens with one attached hydrogen (secondary N) is 1. The fourth-order valence-corrected chi connectivity index (χ4v) is 4.94. The van der Waals surface area contributed by atoms with E-state index in [9.17, 15) is 0 Å². The van der Waals surface area contributed by atoms with Crippen molar-refractivity contribution in [2.45, 2.75) is 77.3 Å². The van der Waals surface area contributed by atoms with Crippen LogP contribution in [0.2, 0.25) is 0 Å². The summed E-state index contributed by atoms with van der Waals surface area (Å²) in [5.74, 6) is 0.742. The third kappa shape index (κ3) is 3.53. The molecule has 0 aromatic rings. The lowest BCUT2D eigenvalue weighted by molar-refractivity contribution is 0.0325. The lowest BCUT2D eigenvalue weighted by Crippen LogP contribution is -2.64. The van der Waals surface area contributed by atoms with Gasteiger partial charge in [-0.05, 0) is 30.4 Å². The fourth-order valence-electron chi connectivity index (χ4n) is 3.93. The molecule has 2 fully saturated rings. The zero-order valence-electron chi connectivity index (χ0n) is 14.3. The molecule has 1 saturated carbocycles. The van der Waals surface area contributed by atoms with E-state index in [4.69, 9.17) is 0 Å². The van der Waals surface area contributed by atoms with Gasteiger partial charge in [-0.2, -0.15) is 11.8 Å². The van der Waals surface area contributed by atoms with Crippen LogP contribution >= 0.6 is 11.8 Å². The molecule has 1 aliphatic carbocycles. The molecule has 1 aliphatic heterocycles. The molecule has 0 spiro atoms. The van der Waals surface area contributed by atoms with Crippen LogP contribution in [0.1, 0.15) is 53.9 Å². The minimum Gasteiger partial charge on any atom is -0.311 e. The van der Waals surface area contributed by atoms with Gasteiger partial charge < -0.3 is 5.32 Å². The number of hydrogen-bond acceptors (Lipinski definition) is 3. The Morgan fingerprint density at radius 1 is 1.20 bits per heavy atom. The van der Waals surface area contributed by atoms with Crippen LogP contribution in [0.3, 0.4) is 0 Å². The molecule has 3 heteroatoms. The maximum absolute atomic E-state index is 3.83. The van der Waals surface area contributed by atoms with Gasteiger partial charge in [0.1, 0.15) is 0 Å². The van der Waals surface area contributed by atoms with E-state index in [0.717, 1.165) is 23.8 Å². The van der Waals surface area contributed by atoms with Gasteiger partial charge in [0, 0.05) is 36.5 Å². The Kier molecular flexibility index (Phi) is 5.47.